The highest BCUT2D eigenvalue weighted by atomic mass is 19.1. The molecular weight excluding hydrogens is 213 g/mol. The first-order valence-electron chi connectivity index (χ1n) is 5.76. The first-order valence-corrected chi connectivity index (χ1v) is 5.76. The highest BCUT2D eigenvalue weighted by Gasteiger charge is 2.05. The van der Waals surface area contributed by atoms with Crippen LogP contribution >= 0.6 is 0 Å². The van der Waals surface area contributed by atoms with Crippen molar-refractivity contribution in [2.45, 2.75) is 13.3 Å². The Labute approximate surface area is 101 Å². The first-order chi connectivity index (χ1) is 8.20. The van der Waals surface area contributed by atoms with E-state index in [9.17, 15) is 4.39 Å². The summed E-state index contributed by atoms with van der Waals surface area (Å²) in [6.07, 6.45) is 0.777. The van der Waals surface area contributed by atoms with Crippen molar-refractivity contribution in [3.63, 3.8) is 0 Å². The van der Waals surface area contributed by atoms with E-state index in [-0.39, 0.29) is 5.82 Å². The summed E-state index contributed by atoms with van der Waals surface area (Å²) in [5, 5.41) is 0. The summed E-state index contributed by atoms with van der Waals surface area (Å²) >= 11 is 0. The minimum absolute atomic E-state index is 0.186. The number of hydrogen-bond acceptors (Lipinski definition) is 1. The Morgan fingerprint density at radius 3 is 2.41 bits per heavy atom. The molecule has 0 fully saturated rings. The van der Waals surface area contributed by atoms with Crippen LogP contribution in [0.25, 0.3) is 11.1 Å². The Morgan fingerprint density at radius 2 is 1.76 bits per heavy atom. The van der Waals surface area contributed by atoms with Gasteiger partial charge in [-0.2, -0.15) is 0 Å². The SMILES string of the molecule is Cc1ccc(-c2cc(CCN)ccc2F)cc1. The van der Waals surface area contributed by atoms with Gasteiger partial charge in [-0.25, -0.2) is 4.39 Å². The topological polar surface area (TPSA) is 26.0 Å². The van der Waals surface area contributed by atoms with Gasteiger partial charge < -0.3 is 5.73 Å². The second kappa shape index (κ2) is 5.11. The van der Waals surface area contributed by atoms with Crippen LogP contribution in [0.2, 0.25) is 0 Å². The second-order valence-electron chi connectivity index (χ2n) is 4.22. The monoisotopic (exact) mass is 229 g/mol. The standard InChI is InChI=1S/C15H16FN/c1-11-2-5-13(6-3-11)14-10-12(8-9-17)4-7-15(14)16/h2-7,10H,8-9,17H2,1H3. The van der Waals surface area contributed by atoms with Gasteiger partial charge >= 0.3 is 0 Å². The lowest BCUT2D eigenvalue weighted by Crippen LogP contribution is -2.03. The number of nitrogens with two attached hydrogens (primary N) is 1. The summed E-state index contributed by atoms with van der Waals surface area (Å²) in [6.45, 7) is 2.60. The van der Waals surface area contributed by atoms with Gasteiger partial charge in [0.25, 0.3) is 0 Å². The smallest absolute Gasteiger partial charge is 0.131 e. The molecule has 17 heavy (non-hydrogen) atoms. The average Bonchev–Trinajstić information content (AvgIpc) is 2.33. The maximum absolute atomic E-state index is 13.8. The molecule has 0 aliphatic carbocycles. The molecule has 2 N–H and O–H groups in total. The lowest BCUT2D eigenvalue weighted by atomic mass is 10.0. The molecule has 0 aliphatic heterocycles. The van der Waals surface area contributed by atoms with E-state index in [0.717, 1.165) is 17.5 Å². The van der Waals surface area contributed by atoms with Crippen LogP contribution in [0.4, 0.5) is 4.39 Å². The van der Waals surface area contributed by atoms with E-state index in [1.807, 2.05) is 37.3 Å². The summed E-state index contributed by atoms with van der Waals surface area (Å²) in [5.41, 5.74) is 9.32. The summed E-state index contributed by atoms with van der Waals surface area (Å²) in [5.74, 6) is -0.186. The van der Waals surface area contributed by atoms with Gasteiger partial charge in [-0.3, -0.25) is 0 Å². The summed E-state index contributed by atoms with van der Waals surface area (Å²) < 4.78 is 13.8. The number of benzene rings is 2. The molecule has 1 nitrogen and oxygen atoms in total. The Bertz CT molecular complexity index is 503. The van der Waals surface area contributed by atoms with Crippen LogP contribution in [-0.2, 0) is 6.42 Å². The Kier molecular flexibility index (Phi) is 3.55. The molecule has 0 atom stereocenters. The van der Waals surface area contributed by atoms with Gasteiger partial charge in [0.05, 0.1) is 0 Å². The molecule has 0 aliphatic rings. The minimum atomic E-state index is -0.186. The van der Waals surface area contributed by atoms with Crippen molar-refractivity contribution in [2.75, 3.05) is 6.54 Å². The van der Waals surface area contributed by atoms with Crippen LogP contribution in [0.1, 0.15) is 11.1 Å². The fourth-order valence-corrected chi connectivity index (χ4v) is 1.85. The third-order valence-corrected chi connectivity index (χ3v) is 2.83. The Balaban J connectivity index is 2.42. The van der Waals surface area contributed by atoms with E-state index < -0.39 is 0 Å². The van der Waals surface area contributed by atoms with Crippen LogP contribution in [0.15, 0.2) is 42.5 Å². The van der Waals surface area contributed by atoms with E-state index in [1.165, 1.54) is 11.6 Å². The van der Waals surface area contributed by atoms with Crippen LogP contribution in [-0.4, -0.2) is 6.54 Å². The molecule has 88 valence electrons. The highest BCUT2D eigenvalue weighted by molar-refractivity contribution is 5.65. The van der Waals surface area contributed by atoms with Gasteiger partial charge in [0.1, 0.15) is 5.82 Å². The molecule has 0 saturated carbocycles. The zero-order chi connectivity index (χ0) is 12.3. The van der Waals surface area contributed by atoms with Crippen molar-refractivity contribution >= 4 is 0 Å². The molecule has 0 aromatic heterocycles. The minimum Gasteiger partial charge on any atom is -0.330 e. The molecule has 0 spiro atoms. The van der Waals surface area contributed by atoms with Gasteiger partial charge in [0, 0.05) is 5.56 Å². The fraction of sp³-hybridized carbons (Fsp3) is 0.200. The number of aryl methyl sites for hydroxylation is 1. The third kappa shape index (κ3) is 2.71. The van der Waals surface area contributed by atoms with Crippen LogP contribution in [0.5, 0.6) is 0 Å². The zero-order valence-corrected chi connectivity index (χ0v) is 9.91. The van der Waals surface area contributed by atoms with Crippen molar-refractivity contribution in [2.24, 2.45) is 5.73 Å². The third-order valence-electron chi connectivity index (χ3n) is 2.83. The van der Waals surface area contributed by atoms with E-state index in [2.05, 4.69) is 0 Å². The van der Waals surface area contributed by atoms with Crippen LogP contribution in [0, 0.1) is 12.7 Å². The van der Waals surface area contributed by atoms with Crippen molar-refractivity contribution < 1.29 is 4.39 Å². The van der Waals surface area contributed by atoms with Crippen LogP contribution in [0.3, 0.4) is 0 Å². The Morgan fingerprint density at radius 1 is 1.06 bits per heavy atom. The fourth-order valence-electron chi connectivity index (χ4n) is 1.85. The molecule has 0 saturated heterocycles. The average molecular weight is 229 g/mol. The molecule has 0 heterocycles. The zero-order valence-electron chi connectivity index (χ0n) is 9.91. The van der Waals surface area contributed by atoms with Gasteiger partial charge in [-0.15, -0.1) is 0 Å². The molecule has 2 rings (SSSR count). The van der Waals surface area contributed by atoms with E-state index in [1.54, 1.807) is 6.07 Å². The number of rotatable bonds is 3. The predicted octanol–water partition coefficient (Wildman–Crippen LogP) is 3.30. The second-order valence-corrected chi connectivity index (χ2v) is 4.22. The van der Waals surface area contributed by atoms with Gasteiger partial charge in [0.15, 0.2) is 0 Å². The predicted molar refractivity (Wildman–Crippen MR) is 69.3 cm³/mol. The van der Waals surface area contributed by atoms with Gasteiger partial charge in [-0.1, -0.05) is 35.9 Å². The molecular formula is C15H16FN. The molecule has 0 radical (unpaired) electrons. The van der Waals surface area contributed by atoms with Gasteiger partial charge in [-0.05, 0) is 43.1 Å². The van der Waals surface area contributed by atoms with Crippen molar-refractivity contribution in [1.82, 2.24) is 0 Å². The molecule has 2 aromatic carbocycles. The van der Waals surface area contributed by atoms with Crippen LogP contribution < -0.4 is 5.73 Å². The normalized spacial score (nSPS) is 10.5. The van der Waals surface area contributed by atoms with Crippen molar-refractivity contribution in [1.29, 1.82) is 0 Å². The van der Waals surface area contributed by atoms with Gasteiger partial charge in [0.2, 0.25) is 0 Å². The molecule has 2 heteroatoms. The maximum Gasteiger partial charge on any atom is 0.131 e. The summed E-state index contributed by atoms with van der Waals surface area (Å²) in [4.78, 5) is 0. The first kappa shape index (κ1) is 11.8. The quantitative estimate of drug-likeness (QED) is 0.858. The Hall–Kier alpha value is -1.67. The lowest BCUT2D eigenvalue weighted by Gasteiger charge is -2.07. The molecule has 0 unspecified atom stereocenters. The number of hydrogen-bond donors (Lipinski definition) is 1. The molecule has 0 amide bonds. The van der Waals surface area contributed by atoms with E-state index >= 15 is 0 Å². The maximum atomic E-state index is 13.8. The number of halogens is 1. The largest absolute Gasteiger partial charge is 0.330 e. The lowest BCUT2D eigenvalue weighted by molar-refractivity contribution is 0.630. The molecule has 0 bridgehead atoms. The highest BCUT2D eigenvalue weighted by Crippen LogP contribution is 2.24. The van der Waals surface area contributed by atoms with Crippen molar-refractivity contribution in [3.05, 3.63) is 59.4 Å². The summed E-state index contributed by atoms with van der Waals surface area (Å²) in [6, 6.07) is 13.1. The molecule has 2 aromatic rings. The van der Waals surface area contributed by atoms with Crippen molar-refractivity contribution in [3.8, 4) is 11.1 Å². The van der Waals surface area contributed by atoms with E-state index in [4.69, 9.17) is 5.73 Å². The van der Waals surface area contributed by atoms with E-state index in [0.29, 0.717) is 12.1 Å². The summed E-state index contributed by atoms with van der Waals surface area (Å²) in [7, 11) is 0.